The summed E-state index contributed by atoms with van der Waals surface area (Å²) in [5, 5.41) is 11.0. The molecule has 3 heterocycles. The van der Waals surface area contributed by atoms with Gasteiger partial charge in [-0.15, -0.1) is 0 Å². The molecule has 1 atom stereocenters. The van der Waals surface area contributed by atoms with E-state index in [-0.39, 0.29) is 11.5 Å². The molecule has 0 saturated heterocycles. The molecular weight excluding hydrogens is 366 g/mol. The highest BCUT2D eigenvalue weighted by molar-refractivity contribution is 5.72. The molecule has 1 unspecified atom stereocenters. The van der Waals surface area contributed by atoms with Crippen LogP contribution in [0.5, 0.6) is 0 Å². The molecule has 0 amide bonds. The van der Waals surface area contributed by atoms with Gasteiger partial charge in [-0.3, -0.25) is 9.48 Å². The van der Waals surface area contributed by atoms with Crippen molar-refractivity contribution in [3.05, 3.63) is 58.9 Å². The van der Waals surface area contributed by atoms with Crippen LogP contribution in [-0.4, -0.2) is 39.0 Å². The number of rotatable bonds is 9. The summed E-state index contributed by atoms with van der Waals surface area (Å²) in [5.41, 5.74) is 9.91. The maximum atomic E-state index is 11.8. The number of nitrogens with one attached hydrogen (secondary N) is 2. The van der Waals surface area contributed by atoms with Crippen molar-refractivity contribution in [1.82, 2.24) is 24.6 Å². The van der Waals surface area contributed by atoms with Crippen molar-refractivity contribution in [2.75, 3.05) is 30.7 Å². The first-order valence-corrected chi connectivity index (χ1v) is 9.79. The number of aryl methyl sites for hydroxylation is 2. The van der Waals surface area contributed by atoms with Crippen LogP contribution in [0.4, 0.5) is 11.5 Å². The van der Waals surface area contributed by atoms with Crippen LogP contribution in [0.15, 0.2) is 47.8 Å². The van der Waals surface area contributed by atoms with Crippen LogP contribution in [0.2, 0.25) is 0 Å². The van der Waals surface area contributed by atoms with E-state index in [2.05, 4.69) is 27.6 Å². The fraction of sp³-hybridized carbons (Fsp3) is 0.381. The average molecular weight is 396 g/mol. The van der Waals surface area contributed by atoms with Crippen molar-refractivity contribution in [3.8, 4) is 11.1 Å². The lowest BCUT2D eigenvalue weighted by Crippen LogP contribution is -2.24. The molecule has 3 aromatic heterocycles. The van der Waals surface area contributed by atoms with Gasteiger partial charge in [-0.2, -0.15) is 5.10 Å². The summed E-state index contributed by atoms with van der Waals surface area (Å²) in [7, 11) is 3.65. The zero-order valence-corrected chi connectivity index (χ0v) is 17.2. The summed E-state index contributed by atoms with van der Waals surface area (Å²) in [6, 6.07) is 5.71. The maximum absolute atomic E-state index is 11.8. The van der Waals surface area contributed by atoms with Crippen LogP contribution >= 0.6 is 0 Å². The van der Waals surface area contributed by atoms with Crippen molar-refractivity contribution >= 4 is 11.5 Å². The van der Waals surface area contributed by atoms with Gasteiger partial charge in [0, 0.05) is 63.0 Å². The van der Waals surface area contributed by atoms with Gasteiger partial charge < -0.3 is 20.9 Å². The third-order valence-electron chi connectivity index (χ3n) is 4.95. The van der Waals surface area contributed by atoms with Gasteiger partial charge in [-0.25, -0.2) is 4.98 Å². The smallest absolute Gasteiger partial charge is 0.250 e. The molecule has 0 saturated carbocycles. The number of hydrogen-bond acceptors (Lipinski definition) is 6. The predicted molar refractivity (Wildman–Crippen MR) is 117 cm³/mol. The van der Waals surface area contributed by atoms with Crippen molar-refractivity contribution < 1.29 is 0 Å². The fourth-order valence-corrected chi connectivity index (χ4v) is 3.09. The molecule has 29 heavy (non-hydrogen) atoms. The molecule has 8 heteroatoms. The van der Waals surface area contributed by atoms with E-state index in [1.54, 1.807) is 28.6 Å². The summed E-state index contributed by atoms with van der Waals surface area (Å²) in [6.45, 7) is 4.61. The Morgan fingerprint density at radius 1 is 1.17 bits per heavy atom. The fourth-order valence-electron chi connectivity index (χ4n) is 3.09. The Morgan fingerprint density at radius 3 is 2.72 bits per heavy atom. The highest BCUT2D eigenvalue weighted by Gasteiger charge is 2.07. The van der Waals surface area contributed by atoms with E-state index in [9.17, 15) is 4.79 Å². The van der Waals surface area contributed by atoms with Crippen LogP contribution in [0.1, 0.15) is 24.8 Å². The minimum absolute atomic E-state index is 0.0262. The quantitative estimate of drug-likeness (QED) is 0.479. The summed E-state index contributed by atoms with van der Waals surface area (Å²) in [5.74, 6) is 0.776. The van der Waals surface area contributed by atoms with E-state index in [1.165, 1.54) is 0 Å². The van der Waals surface area contributed by atoms with Gasteiger partial charge in [-0.1, -0.05) is 6.92 Å². The maximum Gasteiger partial charge on any atom is 0.250 e. The minimum atomic E-state index is 0.0262. The van der Waals surface area contributed by atoms with E-state index in [0.717, 1.165) is 48.4 Å². The number of nitrogens with zero attached hydrogens (tertiary/aromatic N) is 4. The summed E-state index contributed by atoms with van der Waals surface area (Å²) >= 11 is 0. The molecule has 0 spiro atoms. The number of aromatic nitrogens is 4. The summed E-state index contributed by atoms with van der Waals surface area (Å²) < 4.78 is 3.35. The minimum Gasteiger partial charge on any atom is -0.382 e. The Hall–Kier alpha value is -3.13. The van der Waals surface area contributed by atoms with E-state index < -0.39 is 0 Å². The van der Waals surface area contributed by atoms with Gasteiger partial charge in [0.05, 0.1) is 11.9 Å². The van der Waals surface area contributed by atoms with Gasteiger partial charge in [0.2, 0.25) is 0 Å². The van der Waals surface area contributed by atoms with E-state index >= 15 is 0 Å². The monoisotopic (exact) mass is 395 g/mol. The Bertz CT molecular complexity index is 1010. The number of nitrogens with two attached hydrogens (primary N) is 1. The van der Waals surface area contributed by atoms with Crippen LogP contribution in [-0.2, 0) is 14.1 Å². The molecule has 154 valence electrons. The molecule has 0 bridgehead atoms. The molecular formula is C21H29N7O. The largest absolute Gasteiger partial charge is 0.382 e. The van der Waals surface area contributed by atoms with Crippen molar-refractivity contribution in [2.45, 2.75) is 19.3 Å². The first-order chi connectivity index (χ1) is 13.9. The third kappa shape index (κ3) is 5.45. The Labute approximate surface area is 170 Å². The number of hydrogen-bond donors (Lipinski definition) is 3. The first-order valence-electron chi connectivity index (χ1n) is 9.79. The molecule has 0 fully saturated rings. The standard InChI is InChI=1S/C21H29N7O/c1-15(16-5-8-27(2)20(29)10-16)11-23-6-4-7-24-19-9-17(12-25-21(19)22)18-13-26-28(3)14-18/h5,8-10,12-15,23-24H,4,6-7,11H2,1-3H3,(H2,22,25). The normalized spacial score (nSPS) is 12.1. The van der Waals surface area contributed by atoms with Gasteiger partial charge in [0.15, 0.2) is 0 Å². The Morgan fingerprint density at radius 2 is 2.00 bits per heavy atom. The molecule has 0 aromatic carbocycles. The van der Waals surface area contributed by atoms with E-state index in [1.807, 2.05) is 37.8 Å². The lowest BCUT2D eigenvalue weighted by atomic mass is 10.0. The number of pyridine rings is 2. The second-order valence-corrected chi connectivity index (χ2v) is 7.35. The second kappa shape index (κ2) is 9.38. The molecule has 3 aromatic rings. The van der Waals surface area contributed by atoms with Crippen LogP contribution in [0, 0.1) is 0 Å². The molecule has 0 aliphatic rings. The Kier molecular flexibility index (Phi) is 6.66. The van der Waals surface area contributed by atoms with Gasteiger partial charge in [0.25, 0.3) is 5.56 Å². The average Bonchev–Trinajstić information content (AvgIpc) is 3.14. The third-order valence-corrected chi connectivity index (χ3v) is 4.95. The SMILES string of the molecule is CC(CNCCCNc1cc(-c2cnn(C)c2)cnc1N)c1ccn(C)c(=O)c1. The van der Waals surface area contributed by atoms with Crippen LogP contribution in [0.25, 0.3) is 11.1 Å². The predicted octanol–water partition coefficient (Wildman–Crippen LogP) is 1.96. The topological polar surface area (TPSA) is 103 Å². The van der Waals surface area contributed by atoms with Crippen molar-refractivity contribution in [3.63, 3.8) is 0 Å². The van der Waals surface area contributed by atoms with Crippen molar-refractivity contribution in [1.29, 1.82) is 0 Å². The lowest BCUT2D eigenvalue weighted by Gasteiger charge is -2.14. The molecule has 8 nitrogen and oxygen atoms in total. The molecule has 0 radical (unpaired) electrons. The molecule has 4 N–H and O–H groups in total. The van der Waals surface area contributed by atoms with Gasteiger partial charge in [-0.05, 0) is 36.6 Å². The number of nitrogen functional groups attached to an aromatic ring is 1. The summed E-state index contributed by atoms with van der Waals surface area (Å²) in [6.07, 6.45) is 8.28. The van der Waals surface area contributed by atoms with E-state index in [0.29, 0.717) is 5.82 Å². The molecule has 0 aliphatic carbocycles. The van der Waals surface area contributed by atoms with Crippen LogP contribution < -0.4 is 21.9 Å². The number of anilines is 2. The Balaban J connectivity index is 1.43. The molecule has 3 rings (SSSR count). The zero-order valence-electron chi connectivity index (χ0n) is 17.2. The zero-order chi connectivity index (χ0) is 20.8. The highest BCUT2D eigenvalue weighted by Crippen LogP contribution is 2.24. The second-order valence-electron chi connectivity index (χ2n) is 7.35. The molecule has 0 aliphatic heterocycles. The first kappa shape index (κ1) is 20.6. The van der Waals surface area contributed by atoms with Gasteiger partial charge in [0.1, 0.15) is 5.82 Å². The highest BCUT2D eigenvalue weighted by atomic mass is 16.1. The lowest BCUT2D eigenvalue weighted by molar-refractivity contribution is 0.601. The summed E-state index contributed by atoms with van der Waals surface area (Å²) in [4.78, 5) is 16.0. The van der Waals surface area contributed by atoms with E-state index in [4.69, 9.17) is 5.73 Å². The van der Waals surface area contributed by atoms with Gasteiger partial charge >= 0.3 is 0 Å². The van der Waals surface area contributed by atoms with Crippen LogP contribution in [0.3, 0.4) is 0 Å². The van der Waals surface area contributed by atoms with Crippen molar-refractivity contribution in [2.24, 2.45) is 14.1 Å².